The number of hydrogen-bond donors (Lipinski definition) is 5. The molecule has 25 heavy (non-hydrogen) atoms. The van der Waals surface area contributed by atoms with Crippen LogP contribution in [0.15, 0.2) is 18.2 Å². The molecule has 0 saturated carbocycles. The van der Waals surface area contributed by atoms with E-state index in [1.165, 1.54) is 12.8 Å². The standard InChI is InChI=1S/C18H31N5O2/c1-19-17-7-10-21-18(23-17)22-14-5-6-15(24-2)16(12-14)25-11-8-13-4-3-9-20-13/h5-6,12-13,17-23H,3-4,7-11H2,1-2H3/t13-,17?,18?/m0/s1. The van der Waals surface area contributed by atoms with Gasteiger partial charge in [0.1, 0.15) is 6.29 Å². The molecule has 2 heterocycles. The van der Waals surface area contributed by atoms with Crippen LogP contribution in [-0.4, -0.2) is 52.4 Å². The molecule has 5 N–H and O–H groups in total. The normalized spacial score (nSPS) is 26.4. The van der Waals surface area contributed by atoms with Crippen molar-refractivity contribution in [3.05, 3.63) is 18.2 Å². The molecule has 0 spiro atoms. The number of anilines is 1. The molecular weight excluding hydrogens is 318 g/mol. The first-order chi connectivity index (χ1) is 12.3. The monoisotopic (exact) mass is 349 g/mol. The van der Waals surface area contributed by atoms with Gasteiger partial charge in [0.15, 0.2) is 11.5 Å². The zero-order valence-electron chi connectivity index (χ0n) is 15.2. The molecule has 7 nitrogen and oxygen atoms in total. The van der Waals surface area contributed by atoms with Crippen molar-refractivity contribution >= 4 is 5.69 Å². The Bertz CT molecular complexity index is 536. The van der Waals surface area contributed by atoms with Crippen LogP contribution >= 0.6 is 0 Å². The molecule has 0 bridgehead atoms. The Labute approximate surface area is 150 Å². The highest BCUT2D eigenvalue weighted by molar-refractivity contribution is 5.55. The van der Waals surface area contributed by atoms with E-state index in [2.05, 4.69) is 26.6 Å². The first-order valence-corrected chi connectivity index (χ1v) is 9.26. The molecule has 0 amide bonds. The maximum Gasteiger partial charge on any atom is 0.163 e. The number of benzene rings is 1. The molecule has 2 unspecified atom stereocenters. The highest BCUT2D eigenvalue weighted by atomic mass is 16.5. The molecule has 0 aliphatic carbocycles. The summed E-state index contributed by atoms with van der Waals surface area (Å²) in [6.07, 6.45) is 4.93. The van der Waals surface area contributed by atoms with Crippen LogP contribution in [-0.2, 0) is 0 Å². The van der Waals surface area contributed by atoms with Crippen molar-refractivity contribution in [2.75, 3.05) is 39.2 Å². The van der Waals surface area contributed by atoms with Gasteiger partial charge in [-0.2, -0.15) is 0 Å². The molecule has 140 valence electrons. The number of methoxy groups -OCH3 is 1. The second-order valence-electron chi connectivity index (χ2n) is 6.62. The largest absolute Gasteiger partial charge is 0.493 e. The SMILES string of the molecule is CNC1CCNC(Nc2ccc(OC)c(OCC[C@@H]3CCCN3)c2)N1. The molecule has 0 aromatic heterocycles. The quantitative estimate of drug-likeness (QED) is 0.480. The van der Waals surface area contributed by atoms with Gasteiger partial charge in [0.05, 0.1) is 19.9 Å². The molecule has 1 aromatic rings. The zero-order valence-corrected chi connectivity index (χ0v) is 15.2. The van der Waals surface area contributed by atoms with E-state index in [1.807, 2.05) is 25.2 Å². The average molecular weight is 349 g/mol. The van der Waals surface area contributed by atoms with Crippen LogP contribution in [0.25, 0.3) is 0 Å². The Morgan fingerprint density at radius 3 is 2.84 bits per heavy atom. The molecule has 0 radical (unpaired) electrons. The fourth-order valence-corrected chi connectivity index (χ4v) is 3.40. The molecule has 3 rings (SSSR count). The summed E-state index contributed by atoms with van der Waals surface area (Å²) in [5.74, 6) is 1.55. The van der Waals surface area contributed by atoms with Gasteiger partial charge in [0.25, 0.3) is 0 Å². The second kappa shape index (κ2) is 9.24. The number of rotatable bonds is 8. The van der Waals surface area contributed by atoms with Gasteiger partial charge in [0, 0.05) is 24.3 Å². The van der Waals surface area contributed by atoms with Crippen LogP contribution in [0.4, 0.5) is 5.69 Å². The highest BCUT2D eigenvalue weighted by Gasteiger charge is 2.19. The fraction of sp³-hybridized carbons (Fsp3) is 0.667. The Kier molecular flexibility index (Phi) is 6.75. The van der Waals surface area contributed by atoms with E-state index < -0.39 is 0 Å². The molecule has 7 heteroatoms. The molecule has 2 fully saturated rings. The fourth-order valence-electron chi connectivity index (χ4n) is 3.40. The lowest BCUT2D eigenvalue weighted by atomic mass is 10.2. The minimum atomic E-state index is 0.0233. The smallest absolute Gasteiger partial charge is 0.163 e. The molecule has 2 saturated heterocycles. The van der Waals surface area contributed by atoms with Crippen LogP contribution in [0, 0.1) is 0 Å². The second-order valence-corrected chi connectivity index (χ2v) is 6.62. The van der Waals surface area contributed by atoms with Crippen molar-refractivity contribution in [3.8, 4) is 11.5 Å². The van der Waals surface area contributed by atoms with Gasteiger partial charge in [-0.3, -0.25) is 10.6 Å². The highest BCUT2D eigenvalue weighted by Crippen LogP contribution is 2.30. The summed E-state index contributed by atoms with van der Waals surface area (Å²) >= 11 is 0. The summed E-state index contributed by atoms with van der Waals surface area (Å²) < 4.78 is 11.4. The van der Waals surface area contributed by atoms with E-state index in [9.17, 15) is 0 Å². The lowest BCUT2D eigenvalue weighted by Crippen LogP contribution is -2.61. The summed E-state index contributed by atoms with van der Waals surface area (Å²) in [4.78, 5) is 0. The predicted molar refractivity (Wildman–Crippen MR) is 100 cm³/mol. The summed E-state index contributed by atoms with van der Waals surface area (Å²) in [7, 11) is 3.65. The molecule has 3 atom stereocenters. The first kappa shape index (κ1) is 18.3. The summed E-state index contributed by atoms with van der Waals surface area (Å²) in [5.41, 5.74) is 0.997. The Morgan fingerprint density at radius 2 is 2.08 bits per heavy atom. The zero-order chi connectivity index (χ0) is 17.5. The van der Waals surface area contributed by atoms with Crippen molar-refractivity contribution < 1.29 is 9.47 Å². The third kappa shape index (κ3) is 5.22. The minimum Gasteiger partial charge on any atom is -0.493 e. The van der Waals surface area contributed by atoms with Crippen LogP contribution in [0.1, 0.15) is 25.7 Å². The van der Waals surface area contributed by atoms with Crippen LogP contribution in [0.2, 0.25) is 0 Å². The molecule has 2 aliphatic rings. The molecule has 2 aliphatic heterocycles. The minimum absolute atomic E-state index is 0.0233. The lowest BCUT2D eigenvalue weighted by Gasteiger charge is -2.33. The van der Waals surface area contributed by atoms with Crippen molar-refractivity contribution in [1.82, 2.24) is 21.3 Å². The van der Waals surface area contributed by atoms with E-state index in [-0.39, 0.29) is 6.29 Å². The number of ether oxygens (including phenoxy) is 2. The summed E-state index contributed by atoms with van der Waals surface area (Å²) in [5, 5.41) is 17.1. The van der Waals surface area contributed by atoms with Gasteiger partial charge in [0.2, 0.25) is 0 Å². The van der Waals surface area contributed by atoms with E-state index in [1.54, 1.807) is 7.11 Å². The predicted octanol–water partition coefficient (Wildman–Crippen LogP) is 1.04. The van der Waals surface area contributed by atoms with Gasteiger partial charge >= 0.3 is 0 Å². The Hall–Kier alpha value is -1.54. The van der Waals surface area contributed by atoms with E-state index >= 15 is 0 Å². The topological polar surface area (TPSA) is 78.6 Å². The number of nitrogens with one attached hydrogen (secondary N) is 5. The molecular formula is C18H31N5O2. The number of hydrogen-bond acceptors (Lipinski definition) is 7. The van der Waals surface area contributed by atoms with Gasteiger partial charge in [-0.05, 0) is 51.4 Å². The lowest BCUT2D eigenvalue weighted by molar-refractivity contribution is 0.275. The average Bonchev–Trinajstić information content (AvgIpc) is 3.16. The third-order valence-corrected chi connectivity index (χ3v) is 4.86. The maximum absolute atomic E-state index is 6.00. The maximum atomic E-state index is 6.00. The van der Waals surface area contributed by atoms with E-state index in [0.29, 0.717) is 18.8 Å². The first-order valence-electron chi connectivity index (χ1n) is 9.26. The van der Waals surface area contributed by atoms with E-state index in [4.69, 9.17) is 9.47 Å². The summed E-state index contributed by atoms with van der Waals surface area (Å²) in [6.45, 7) is 2.78. The van der Waals surface area contributed by atoms with Crippen LogP contribution < -0.4 is 36.1 Å². The Morgan fingerprint density at radius 1 is 1.16 bits per heavy atom. The van der Waals surface area contributed by atoms with Gasteiger partial charge in [-0.25, -0.2) is 0 Å². The Balaban J connectivity index is 1.56. The van der Waals surface area contributed by atoms with Gasteiger partial charge in [-0.15, -0.1) is 0 Å². The summed E-state index contributed by atoms with van der Waals surface area (Å²) in [6, 6.07) is 6.55. The van der Waals surface area contributed by atoms with Crippen LogP contribution in [0.5, 0.6) is 11.5 Å². The van der Waals surface area contributed by atoms with Crippen LogP contribution in [0.3, 0.4) is 0 Å². The third-order valence-electron chi connectivity index (χ3n) is 4.86. The van der Waals surface area contributed by atoms with Crippen molar-refractivity contribution in [2.24, 2.45) is 0 Å². The van der Waals surface area contributed by atoms with Crippen molar-refractivity contribution in [1.29, 1.82) is 0 Å². The van der Waals surface area contributed by atoms with Gasteiger partial charge < -0.3 is 25.4 Å². The van der Waals surface area contributed by atoms with Crippen molar-refractivity contribution in [2.45, 2.75) is 44.2 Å². The van der Waals surface area contributed by atoms with Crippen molar-refractivity contribution in [3.63, 3.8) is 0 Å². The van der Waals surface area contributed by atoms with Gasteiger partial charge in [-0.1, -0.05) is 0 Å². The van der Waals surface area contributed by atoms with E-state index in [0.717, 1.165) is 43.1 Å². The molecule has 1 aromatic carbocycles.